The lowest BCUT2D eigenvalue weighted by Crippen LogP contribution is -2.43. The second-order valence-corrected chi connectivity index (χ2v) is 11.0. The zero-order valence-corrected chi connectivity index (χ0v) is 24.3. The molecule has 0 bridgehead atoms. The third-order valence-electron chi connectivity index (χ3n) is 6.96. The quantitative estimate of drug-likeness (QED) is 0.231. The maximum Gasteiger partial charge on any atom is 0.269 e. The molecule has 3 aromatic carbocycles. The summed E-state index contributed by atoms with van der Waals surface area (Å²) >= 11 is 11.7. The van der Waals surface area contributed by atoms with E-state index in [1.54, 1.807) is 48.5 Å². The average molecular weight is 625 g/mol. The minimum absolute atomic E-state index is 0.0456. The number of fused-ring (bicyclic) bond motifs is 1. The third-order valence-corrected chi connectivity index (χ3v) is 7.50. The van der Waals surface area contributed by atoms with Crippen LogP contribution in [-0.4, -0.2) is 50.9 Å². The molecule has 13 heteroatoms. The maximum atomic E-state index is 14.2. The van der Waals surface area contributed by atoms with Crippen LogP contribution in [0.4, 0.5) is 10.1 Å². The Kier molecular flexibility index (Phi) is 8.93. The van der Waals surface area contributed by atoms with Crippen molar-refractivity contribution in [2.45, 2.75) is 38.4 Å². The lowest BCUT2D eigenvalue weighted by molar-refractivity contribution is -0.137. The molecule has 1 saturated carbocycles. The number of nitrogens with one attached hydrogen (secondary N) is 2. The molecule has 1 aromatic heterocycles. The van der Waals surface area contributed by atoms with Crippen LogP contribution in [0.3, 0.4) is 0 Å². The van der Waals surface area contributed by atoms with Crippen molar-refractivity contribution in [2.24, 2.45) is 5.73 Å². The van der Waals surface area contributed by atoms with Crippen LogP contribution in [0.5, 0.6) is 0 Å². The van der Waals surface area contributed by atoms with Crippen LogP contribution in [0.25, 0.3) is 10.9 Å². The number of aromatic nitrogens is 2. The summed E-state index contributed by atoms with van der Waals surface area (Å²) in [7, 11) is 0. The molecule has 0 radical (unpaired) electrons. The smallest absolute Gasteiger partial charge is 0.269 e. The topological polar surface area (TPSA) is 139 Å². The van der Waals surface area contributed by atoms with Gasteiger partial charge in [-0.2, -0.15) is 5.10 Å². The Hall–Kier alpha value is -4.48. The second-order valence-electron chi connectivity index (χ2n) is 10.2. The van der Waals surface area contributed by atoms with Gasteiger partial charge in [0.2, 0.25) is 17.7 Å². The van der Waals surface area contributed by atoms with Gasteiger partial charge in [-0.15, -0.1) is 0 Å². The van der Waals surface area contributed by atoms with Crippen LogP contribution >= 0.6 is 23.2 Å². The van der Waals surface area contributed by atoms with E-state index in [-0.39, 0.29) is 60.2 Å². The van der Waals surface area contributed by atoms with Gasteiger partial charge in [-0.05, 0) is 54.8 Å². The lowest BCUT2D eigenvalue weighted by atomic mass is 10.1. The monoisotopic (exact) mass is 624 g/mol. The Balaban J connectivity index is 1.27. The summed E-state index contributed by atoms with van der Waals surface area (Å²) in [6.45, 7) is -0.557. The Labute approximate surface area is 255 Å². The van der Waals surface area contributed by atoms with Crippen molar-refractivity contribution in [3.8, 4) is 0 Å². The molecule has 0 spiro atoms. The predicted molar refractivity (Wildman–Crippen MR) is 160 cm³/mol. The molecule has 43 heavy (non-hydrogen) atoms. The summed E-state index contributed by atoms with van der Waals surface area (Å²) in [6, 6.07) is 16.2. The van der Waals surface area contributed by atoms with Crippen LogP contribution in [0.15, 0.2) is 60.7 Å². The average Bonchev–Trinajstić information content (AvgIpc) is 3.75. The number of hydrogen-bond acceptors (Lipinski definition) is 5. The van der Waals surface area contributed by atoms with Gasteiger partial charge < -0.3 is 21.3 Å². The molecule has 0 unspecified atom stereocenters. The van der Waals surface area contributed by atoms with Crippen molar-refractivity contribution in [2.75, 3.05) is 11.9 Å². The molecule has 0 atom stereocenters. The fourth-order valence-corrected chi connectivity index (χ4v) is 4.99. The molecule has 1 aliphatic carbocycles. The molecule has 222 valence electrons. The molecular formula is C30H27Cl2FN6O4. The number of nitrogens with zero attached hydrogens (tertiary/aromatic N) is 3. The second kappa shape index (κ2) is 12.8. The fraction of sp³-hybridized carbons (Fsp3) is 0.233. The minimum Gasteiger partial charge on any atom is -0.364 e. The Morgan fingerprint density at radius 3 is 2.47 bits per heavy atom. The van der Waals surface area contributed by atoms with Crippen LogP contribution in [0.1, 0.15) is 34.5 Å². The number of nitrogens with two attached hydrogens (primary N) is 1. The Morgan fingerprint density at radius 1 is 1.02 bits per heavy atom. The number of carbonyl (C=O) groups is 4. The Bertz CT molecular complexity index is 1720. The van der Waals surface area contributed by atoms with Gasteiger partial charge in [-0.25, -0.2) is 4.39 Å². The van der Waals surface area contributed by atoms with Crippen molar-refractivity contribution < 1.29 is 23.6 Å². The highest BCUT2D eigenvalue weighted by atomic mass is 35.5. The van der Waals surface area contributed by atoms with Crippen LogP contribution in [0.2, 0.25) is 10.0 Å². The molecule has 4 amide bonds. The molecule has 0 aliphatic heterocycles. The molecule has 10 nitrogen and oxygen atoms in total. The van der Waals surface area contributed by atoms with Gasteiger partial charge in [0.05, 0.1) is 23.5 Å². The van der Waals surface area contributed by atoms with Crippen LogP contribution in [-0.2, 0) is 33.9 Å². The molecule has 0 saturated heterocycles. The van der Waals surface area contributed by atoms with Gasteiger partial charge in [0.25, 0.3) is 5.91 Å². The fourth-order valence-electron chi connectivity index (χ4n) is 4.67. The molecular weight excluding hydrogens is 598 g/mol. The first-order chi connectivity index (χ1) is 20.6. The normalized spacial score (nSPS) is 12.6. The van der Waals surface area contributed by atoms with Crippen molar-refractivity contribution in [1.29, 1.82) is 0 Å². The van der Waals surface area contributed by atoms with Crippen molar-refractivity contribution in [3.63, 3.8) is 0 Å². The lowest BCUT2D eigenvalue weighted by Gasteiger charge is -2.22. The van der Waals surface area contributed by atoms with Gasteiger partial charge >= 0.3 is 0 Å². The van der Waals surface area contributed by atoms with E-state index in [1.807, 2.05) is 0 Å². The van der Waals surface area contributed by atoms with E-state index in [0.717, 1.165) is 18.4 Å². The highest BCUT2D eigenvalue weighted by Crippen LogP contribution is 2.28. The van der Waals surface area contributed by atoms with Crippen molar-refractivity contribution in [1.82, 2.24) is 20.0 Å². The number of anilines is 1. The number of benzene rings is 3. The highest BCUT2D eigenvalue weighted by Gasteiger charge is 2.34. The number of hydrogen-bond donors (Lipinski definition) is 3. The first kappa shape index (κ1) is 30.0. The molecule has 1 aliphatic rings. The zero-order chi connectivity index (χ0) is 30.7. The molecule has 4 N–H and O–H groups in total. The van der Waals surface area contributed by atoms with Gasteiger partial charge in [-0.1, -0.05) is 47.5 Å². The van der Waals surface area contributed by atoms with E-state index < -0.39 is 17.6 Å². The van der Waals surface area contributed by atoms with Gasteiger partial charge in [0.15, 0.2) is 5.69 Å². The van der Waals surface area contributed by atoms with Gasteiger partial charge in [-0.3, -0.25) is 23.9 Å². The van der Waals surface area contributed by atoms with E-state index in [0.29, 0.717) is 21.6 Å². The number of carbonyl (C=O) groups excluding carboxylic acids is 4. The summed E-state index contributed by atoms with van der Waals surface area (Å²) in [5, 5.41) is 10.6. The van der Waals surface area contributed by atoms with Gasteiger partial charge in [0.1, 0.15) is 12.4 Å². The largest absolute Gasteiger partial charge is 0.364 e. The number of amides is 4. The van der Waals surface area contributed by atoms with Crippen LogP contribution in [0, 0.1) is 5.82 Å². The first-order valence-electron chi connectivity index (χ1n) is 13.4. The molecule has 1 heterocycles. The van der Waals surface area contributed by atoms with E-state index in [9.17, 15) is 23.6 Å². The Morgan fingerprint density at radius 2 is 1.77 bits per heavy atom. The predicted octanol–water partition coefficient (Wildman–Crippen LogP) is 4.07. The van der Waals surface area contributed by atoms with Gasteiger partial charge in [0, 0.05) is 34.2 Å². The standard InChI is InChI=1S/C30H27Cl2FN6O4/c31-19-6-4-17(5-7-19)12-25(40)36-20-8-11-24-22(13-20)29(30(34)43)37-39(24)16-27(42)38(21-9-10-21)15-26(41)35-14-18-2-1-3-23(32)28(18)33/h1-8,11,13,21H,9-10,12,14-16H2,(H2,34,43)(H,35,41)(H,36,40). The summed E-state index contributed by atoms with van der Waals surface area (Å²) in [4.78, 5) is 52.3. The molecule has 5 rings (SSSR count). The molecule has 1 fully saturated rings. The summed E-state index contributed by atoms with van der Waals surface area (Å²) in [5.41, 5.74) is 7.40. The minimum atomic E-state index is -0.799. The number of halogens is 3. The summed E-state index contributed by atoms with van der Waals surface area (Å²) in [6.07, 6.45) is 1.60. The summed E-state index contributed by atoms with van der Waals surface area (Å²) in [5.74, 6) is -2.53. The highest BCUT2D eigenvalue weighted by molar-refractivity contribution is 6.31. The summed E-state index contributed by atoms with van der Waals surface area (Å²) < 4.78 is 15.5. The molecule has 4 aromatic rings. The first-order valence-corrected chi connectivity index (χ1v) is 14.2. The van der Waals surface area contributed by atoms with Crippen LogP contribution < -0.4 is 16.4 Å². The van der Waals surface area contributed by atoms with Crippen molar-refractivity contribution >= 4 is 63.4 Å². The SMILES string of the molecule is NC(=O)c1nn(CC(=O)N(CC(=O)NCc2cccc(Cl)c2F)C2CC2)c2ccc(NC(=O)Cc3ccc(Cl)cc3)cc12. The van der Waals surface area contributed by atoms with E-state index in [2.05, 4.69) is 15.7 Å². The van der Waals surface area contributed by atoms with Crippen molar-refractivity contribution in [3.05, 3.63) is 93.3 Å². The number of primary amides is 1. The zero-order valence-electron chi connectivity index (χ0n) is 22.8. The third kappa shape index (κ3) is 7.30. The van der Waals surface area contributed by atoms with E-state index >= 15 is 0 Å². The maximum absolute atomic E-state index is 14.2. The van der Waals surface area contributed by atoms with E-state index in [4.69, 9.17) is 28.9 Å². The van der Waals surface area contributed by atoms with E-state index in [1.165, 1.54) is 21.7 Å². The number of rotatable bonds is 11.